The number of nitrogens with one attached hydrogen (secondary N) is 2. The van der Waals surface area contributed by atoms with Gasteiger partial charge < -0.3 is 23.9 Å². The minimum Gasteiger partial charge on any atom is -0.374 e. The molecule has 0 unspecified atom stereocenters. The molecule has 1 aromatic rings. The summed E-state index contributed by atoms with van der Waals surface area (Å²) in [5.41, 5.74) is 0.746. The Morgan fingerprint density at radius 1 is 1.04 bits per heavy atom. The molecule has 8 heteroatoms. The molecule has 0 heterocycles. The van der Waals surface area contributed by atoms with Gasteiger partial charge in [0, 0.05) is 38.1 Å². The van der Waals surface area contributed by atoms with Crippen LogP contribution in [0.2, 0.25) is 6.04 Å². The smallest absolute Gasteiger partial charge is 0.374 e. The first kappa shape index (κ1) is 21.0. The summed E-state index contributed by atoms with van der Waals surface area (Å²) in [6.45, 7) is 8.23. The molecule has 5 nitrogen and oxygen atoms in total. The largest absolute Gasteiger partial charge is 0.500 e. The Labute approximate surface area is 150 Å². The monoisotopic (exact) mass is 374 g/mol. The fourth-order valence-corrected chi connectivity index (χ4v) is 5.05. The van der Waals surface area contributed by atoms with Crippen molar-refractivity contribution in [1.29, 1.82) is 0 Å². The van der Waals surface area contributed by atoms with Crippen molar-refractivity contribution in [3.8, 4) is 0 Å². The first-order valence-corrected chi connectivity index (χ1v) is 10.6. The third kappa shape index (κ3) is 7.67. The number of hydrogen-bond donors (Lipinski definition) is 2. The van der Waals surface area contributed by atoms with E-state index in [9.17, 15) is 4.39 Å². The van der Waals surface area contributed by atoms with Crippen LogP contribution in [-0.4, -0.2) is 40.3 Å². The van der Waals surface area contributed by atoms with Crippen molar-refractivity contribution < 1.29 is 17.7 Å². The molecule has 0 aliphatic carbocycles. The molecule has 1 aromatic carbocycles. The fourth-order valence-electron chi connectivity index (χ4n) is 2.22. The number of anilines is 1. The molecule has 2 N–H and O–H groups in total. The molecule has 0 spiro atoms. The highest BCUT2D eigenvalue weighted by atomic mass is 32.1. The predicted molar refractivity (Wildman–Crippen MR) is 101 cm³/mol. The predicted octanol–water partition coefficient (Wildman–Crippen LogP) is 3.55. The molecule has 0 bridgehead atoms. The second kappa shape index (κ2) is 11.5. The highest BCUT2D eigenvalue weighted by Gasteiger charge is 2.39. The number of hydrogen-bond acceptors (Lipinski definition) is 4. The Morgan fingerprint density at radius 2 is 1.58 bits per heavy atom. The Morgan fingerprint density at radius 3 is 2.08 bits per heavy atom. The SMILES string of the molecule is CCO[Si](CCCNC(=S)Nc1ccc(F)cc1)(OCC)OCC. The molecule has 1 rings (SSSR count). The molecule has 0 fully saturated rings. The zero-order valence-electron chi connectivity index (χ0n) is 14.6. The Kier molecular flexibility index (Phi) is 10.0. The molecule has 0 saturated heterocycles. The number of halogens is 1. The highest BCUT2D eigenvalue weighted by molar-refractivity contribution is 7.80. The van der Waals surface area contributed by atoms with Gasteiger partial charge in [0.15, 0.2) is 5.11 Å². The first-order valence-electron chi connectivity index (χ1n) is 8.27. The molecule has 0 aromatic heterocycles. The molecule has 0 amide bonds. The lowest BCUT2D eigenvalue weighted by Crippen LogP contribution is -2.46. The van der Waals surface area contributed by atoms with Crippen LogP contribution >= 0.6 is 12.2 Å². The maximum Gasteiger partial charge on any atom is 0.500 e. The van der Waals surface area contributed by atoms with Crippen LogP contribution in [0.3, 0.4) is 0 Å². The van der Waals surface area contributed by atoms with E-state index < -0.39 is 8.80 Å². The van der Waals surface area contributed by atoms with Gasteiger partial charge in [-0.05, 0) is 63.7 Å². The van der Waals surface area contributed by atoms with Crippen molar-refractivity contribution in [2.45, 2.75) is 33.2 Å². The molecular weight excluding hydrogens is 347 g/mol. The number of benzene rings is 1. The van der Waals surface area contributed by atoms with Gasteiger partial charge in [-0.1, -0.05) is 0 Å². The zero-order valence-corrected chi connectivity index (χ0v) is 16.4. The second-order valence-corrected chi connectivity index (χ2v) is 8.11. The van der Waals surface area contributed by atoms with Gasteiger partial charge >= 0.3 is 8.80 Å². The van der Waals surface area contributed by atoms with E-state index in [1.807, 2.05) is 20.8 Å². The summed E-state index contributed by atoms with van der Waals surface area (Å²) in [4.78, 5) is 0. The van der Waals surface area contributed by atoms with Crippen molar-refractivity contribution in [2.24, 2.45) is 0 Å². The standard InChI is InChI=1S/C16H27FN2O3SSi/c1-4-20-24(21-5-2,22-6-3)13-7-12-18-16(23)19-15-10-8-14(17)9-11-15/h8-11H,4-7,12-13H2,1-3H3,(H2,18,19,23). The molecule has 136 valence electrons. The summed E-state index contributed by atoms with van der Waals surface area (Å²) < 4.78 is 30.3. The van der Waals surface area contributed by atoms with Gasteiger partial charge in [-0.2, -0.15) is 0 Å². The third-order valence-electron chi connectivity index (χ3n) is 3.14. The van der Waals surface area contributed by atoms with E-state index in [1.165, 1.54) is 12.1 Å². The van der Waals surface area contributed by atoms with E-state index in [1.54, 1.807) is 12.1 Å². The quantitative estimate of drug-likeness (QED) is 0.351. The summed E-state index contributed by atoms with van der Waals surface area (Å²) in [5, 5.41) is 6.64. The van der Waals surface area contributed by atoms with Crippen LogP contribution in [0.25, 0.3) is 0 Å². The molecule has 0 saturated carbocycles. The maximum atomic E-state index is 12.9. The van der Waals surface area contributed by atoms with Crippen LogP contribution < -0.4 is 10.6 Å². The van der Waals surface area contributed by atoms with Crippen molar-refractivity contribution >= 4 is 31.8 Å². The van der Waals surface area contributed by atoms with Gasteiger partial charge in [-0.25, -0.2) is 4.39 Å². The molecule has 0 atom stereocenters. The van der Waals surface area contributed by atoms with E-state index in [-0.39, 0.29) is 5.82 Å². The minimum atomic E-state index is -2.59. The van der Waals surface area contributed by atoms with Crippen LogP contribution in [-0.2, 0) is 13.3 Å². The first-order chi connectivity index (χ1) is 11.5. The summed E-state index contributed by atoms with van der Waals surface area (Å²) >= 11 is 5.23. The van der Waals surface area contributed by atoms with Crippen LogP contribution in [0.15, 0.2) is 24.3 Å². The van der Waals surface area contributed by atoms with Gasteiger partial charge in [-0.3, -0.25) is 0 Å². The summed E-state index contributed by atoms with van der Waals surface area (Å²) in [6.07, 6.45) is 0.817. The number of thiocarbonyl (C=S) groups is 1. The topological polar surface area (TPSA) is 51.8 Å². The lowest BCUT2D eigenvalue weighted by molar-refractivity contribution is 0.0709. The van der Waals surface area contributed by atoms with Crippen molar-refractivity contribution in [3.05, 3.63) is 30.1 Å². The average molecular weight is 375 g/mol. The van der Waals surface area contributed by atoms with E-state index in [0.29, 0.717) is 31.5 Å². The second-order valence-electron chi connectivity index (χ2n) is 4.97. The Balaban J connectivity index is 2.38. The van der Waals surface area contributed by atoms with Crippen LogP contribution in [0.4, 0.5) is 10.1 Å². The minimum absolute atomic E-state index is 0.275. The molecule has 0 aliphatic heterocycles. The van der Waals surface area contributed by atoms with E-state index >= 15 is 0 Å². The number of rotatable bonds is 11. The van der Waals surface area contributed by atoms with E-state index in [2.05, 4.69) is 10.6 Å². The lowest BCUT2D eigenvalue weighted by atomic mass is 10.3. The van der Waals surface area contributed by atoms with E-state index in [0.717, 1.165) is 18.2 Å². The normalized spacial score (nSPS) is 11.3. The van der Waals surface area contributed by atoms with Crippen LogP contribution in [0, 0.1) is 5.82 Å². The van der Waals surface area contributed by atoms with Gasteiger partial charge in [0.1, 0.15) is 5.82 Å². The Hall–Kier alpha value is -1.06. The molecular formula is C16H27FN2O3SSi. The molecule has 0 aliphatic rings. The summed E-state index contributed by atoms with van der Waals surface area (Å²) in [7, 11) is -2.59. The van der Waals surface area contributed by atoms with Crippen molar-refractivity contribution in [3.63, 3.8) is 0 Å². The Bertz CT molecular complexity index is 474. The summed E-state index contributed by atoms with van der Waals surface area (Å²) in [6, 6.07) is 6.78. The third-order valence-corrected chi connectivity index (χ3v) is 6.54. The van der Waals surface area contributed by atoms with Crippen LogP contribution in [0.5, 0.6) is 0 Å². The van der Waals surface area contributed by atoms with Crippen molar-refractivity contribution in [1.82, 2.24) is 5.32 Å². The van der Waals surface area contributed by atoms with Crippen molar-refractivity contribution in [2.75, 3.05) is 31.7 Å². The average Bonchev–Trinajstić information content (AvgIpc) is 2.55. The fraction of sp³-hybridized carbons (Fsp3) is 0.562. The zero-order chi connectivity index (χ0) is 17.8. The lowest BCUT2D eigenvalue weighted by Gasteiger charge is -2.28. The molecule has 0 radical (unpaired) electrons. The van der Waals surface area contributed by atoms with Gasteiger partial charge in [0.25, 0.3) is 0 Å². The highest BCUT2D eigenvalue weighted by Crippen LogP contribution is 2.17. The van der Waals surface area contributed by atoms with Gasteiger partial charge in [0.2, 0.25) is 0 Å². The van der Waals surface area contributed by atoms with E-state index in [4.69, 9.17) is 25.5 Å². The molecule has 24 heavy (non-hydrogen) atoms. The van der Waals surface area contributed by atoms with Crippen LogP contribution in [0.1, 0.15) is 27.2 Å². The van der Waals surface area contributed by atoms with Gasteiger partial charge in [0.05, 0.1) is 0 Å². The van der Waals surface area contributed by atoms with Gasteiger partial charge in [-0.15, -0.1) is 0 Å². The maximum absolute atomic E-state index is 12.9. The summed E-state index contributed by atoms with van der Waals surface area (Å²) in [5.74, 6) is -0.275.